The fraction of sp³-hybridized carbons (Fsp3) is 0.400. The molecule has 1 aliphatic heterocycles. The van der Waals surface area contributed by atoms with Gasteiger partial charge in [0.1, 0.15) is 11.2 Å². The molecule has 11 nitrogen and oxygen atoms in total. The van der Waals surface area contributed by atoms with Gasteiger partial charge in [0.25, 0.3) is 0 Å². The zero-order valence-corrected chi connectivity index (χ0v) is 21.4. The number of carboxylic acids is 1. The van der Waals surface area contributed by atoms with E-state index in [4.69, 9.17) is 9.47 Å². The number of hydrogen-bond donors (Lipinski definition) is 3. The van der Waals surface area contributed by atoms with Gasteiger partial charge in [0.2, 0.25) is 18.6 Å². The SMILES string of the molecule is CC(C)Nc1nccc(-c2[nH]c(C3OCC(C)(C(=O)O)CO3)nc2-c2ccc(F)cc2)n1.CN(C)C=O. The lowest BCUT2D eigenvalue weighted by atomic mass is 9.92. The summed E-state index contributed by atoms with van der Waals surface area (Å²) in [5, 5.41) is 12.5. The zero-order valence-electron chi connectivity index (χ0n) is 21.4. The highest BCUT2D eigenvalue weighted by Gasteiger charge is 2.41. The number of aliphatic carboxylic acids is 1. The van der Waals surface area contributed by atoms with E-state index in [1.807, 2.05) is 13.8 Å². The summed E-state index contributed by atoms with van der Waals surface area (Å²) in [4.78, 5) is 39.0. The molecule has 1 aliphatic rings. The summed E-state index contributed by atoms with van der Waals surface area (Å²) in [5.41, 5.74) is 1.24. The Morgan fingerprint density at radius 1 is 1.22 bits per heavy atom. The first-order chi connectivity index (χ1) is 17.5. The molecule has 0 unspecified atom stereocenters. The maximum atomic E-state index is 13.5. The van der Waals surface area contributed by atoms with Crippen LogP contribution in [0.5, 0.6) is 0 Å². The van der Waals surface area contributed by atoms with Gasteiger partial charge >= 0.3 is 5.97 Å². The first kappa shape index (κ1) is 27.7. The highest BCUT2D eigenvalue weighted by Crippen LogP contribution is 2.35. The number of H-pyrrole nitrogens is 1. The van der Waals surface area contributed by atoms with Crippen LogP contribution in [0, 0.1) is 11.2 Å². The van der Waals surface area contributed by atoms with Gasteiger partial charge < -0.3 is 29.8 Å². The number of ether oxygens (including phenoxy) is 2. The molecule has 4 rings (SSSR count). The van der Waals surface area contributed by atoms with E-state index in [1.54, 1.807) is 45.4 Å². The summed E-state index contributed by atoms with van der Waals surface area (Å²) in [6, 6.07) is 7.83. The highest BCUT2D eigenvalue weighted by molar-refractivity contribution is 5.77. The first-order valence-electron chi connectivity index (χ1n) is 11.6. The minimum Gasteiger partial charge on any atom is -0.481 e. The van der Waals surface area contributed by atoms with E-state index in [-0.39, 0.29) is 25.1 Å². The molecule has 0 atom stereocenters. The van der Waals surface area contributed by atoms with Crippen LogP contribution in [0.4, 0.5) is 10.3 Å². The van der Waals surface area contributed by atoms with Crippen molar-refractivity contribution in [1.29, 1.82) is 0 Å². The average molecular weight is 515 g/mol. The minimum atomic E-state index is -1.13. The van der Waals surface area contributed by atoms with Crippen LogP contribution in [-0.4, -0.2) is 75.7 Å². The maximum Gasteiger partial charge on any atom is 0.314 e. The lowest BCUT2D eigenvalue weighted by Gasteiger charge is -2.33. The number of aromatic amines is 1. The predicted molar refractivity (Wildman–Crippen MR) is 134 cm³/mol. The Labute approximate surface area is 214 Å². The molecule has 0 spiro atoms. The van der Waals surface area contributed by atoms with E-state index in [9.17, 15) is 19.1 Å². The van der Waals surface area contributed by atoms with Crippen molar-refractivity contribution >= 4 is 18.3 Å². The van der Waals surface area contributed by atoms with Crippen LogP contribution in [-0.2, 0) is 19.1 Å². The number of benzene rings is 1. The van der Waals surface area contributed by atoms with Gasteiger partial charge in [-0.05, 0) is 51.1 Å². The third kappa shape index (κ3) is 7.08. The standard InChI is InChI=1S/C22H24FN5O4.C3H7NO/c1-12(2)25-21-24-9-8-15(26-21)17-16(13-4-6-14(23)7-5-13)27-18(28-17)19-31-10-22(3,11-32-19)20(29)30;1-4(2)3-5/h4-9,12,19H,10-11H2,1-3H3,(H,27,28)(H,29,30)(H,24,25,26);3H,1-2H3. The van der Waals surface area contributed by atoms with Crippen molar-refractivity contribution in [3.8, 4) is 22.6 Å². The van der Waals surface area contributed by atoms with Crippen molar-refractivity contribution in [2.75, 3.05) is 32.6 Å². The van der Waals surface area contributed by atoms with Gasteiger partial charge in [-0.15, -0.1) is 0 Å². The summed E-state index contributed by atoms with van der Waals surface area (Å²) < 4.78 is 24.8. The molecule has 2 aromatic heterocycles. The van der Waals surface area contributed by atoms with Crippen molar-refractivity contribution in [2.24, 2.45) is 5.41 Å². The fourth-order valence-electron chi connectivity index (χ4n) is 3.22. The Hall–Kier alpha value is -3.90. The number of carboxylic acid groups (broad SMARTS) is 1. The molecular formula is C25H31FN6O5. The van der Waals surface area contributed by atoms with Crippen molar-refractivity contribution in [3.63, 3.8) is 0 Å². The van der Waals surface area contributed by atoms with E-state index < -0.39 is 17.7 Å². The van der Waals surface area contributed by atoms with Crippen molar-refractivity contribution in [2.45, 2.75) is 33.1 Å². The van der Waals surface area contributed by atoms with E-state index in [1.165, 1.54) is 17.0 Å². The first-order valence-corrected chi connectivity index (χ1v) is 11.6. The molecular weight excluding hydrogens is 483 g/mol. The van der Waals surface area contributed by atoms with Crippen molar-refractivity contribution in [3.05, 3.63) is 48.2 Å². The molecule has 37 heavy (non-hydrogen) atoms. The number of imidazole rings is 1. The zero-order chi connectivity index (χ0) is 27.2. The summed E-state index contributed by atoms with van der Waals surface area (Å²) in [5.74, 6) is -0.525. The largest absolute Gasteiger partial charge is 0.481 e. The van der Waals surface area contributed by atoms with Crippen LogP contribution in [0.3, 0.4) is 0 Å². The fourth-order valence-corrected chi connectivity index (χ4v) is 3.22. The number of nitrogens with one attached hydrogen (secondary N) is 2. The topological polar surface area (TPSA) is 143 Å². The van der Waals surface area contributed by atoms with Gasteiger partial charge in [-0.2, -0.15) is 0 Å². The predicted octanol–water partition coefficient (Wildman–Crippen LogP) is 3.33. The minimum absolute atomic E-state index is 0.0229. The van der Waals surface area contributed by atoms with Crippen LogP contribution in [0.15, 0.2) is 36.5 Å². The number of anilines is 1. The number of rotatable bonds is 7. The molecule has 12 heteroatoms. The molecule has 0 bridgehead atoms. The van der Waals surface area contributed by atoms with Crippen molar-refractivity contribution < 1.29 is 28.6 Å². The van der Waals surface area contributed by atoms with Gasteiger partial charge in [0, 0.05) is 31.9 Å². The normalized spacial score (nSPS) is 19.1. The van der Waals surface area contributed by atoms with Crippen molar-refractivity contribution in [1.82, 2.24) is 24.8 Å². The molecule has 0 radical (unpaired) electrons. The smallest absolute Gasteiger partial charge is 0.314 e. The molecule has 3 heterocycles. The van der Waals surface area contributed by atoms with E-state index in [0.717, 1.165) is 6.41 Å². The lowest BCUT2D eigenvalue weighted by molar-refractivity contribution is -0.236. The van der Waals surface area contributed by atoms with Gasteiger partial charge in [-0.1, -0.05) is 0 Å². The molecule has 1 fully saturated rings. The third-order valence-corrected chi connectivity index (χ3v) is 5.23. The molecule has 1 saturated heterocycles. The van der Waals surface area contributed by atoms with Gasteiger partial charge in [-0.3, -0.25) is 9.59 Å². The van der Waals surface area contributed by atoms with Gasteiger partial charge in [0.05, 0.1) is 30.3 Å². The Morgan fingerprint density at radius 2 is 1.84 bits per heavy atom. The van der Waals surface area contributed by atoms with E-state index >= 15 is 0 Å². The second-order valence-electron chi connectivity index (χ2n) is 9.31. The molecule has 3 N–H and O–H groups in total. The molecule has 0 saturated carbocycles. The lowest BCUT2D eigenvalue weighted by Crippen LogP contribution is -2.42. The Kier molecular flexibility index (Phi) is 8.90. The molecule has 1 aromatic carbocycles. The average Bonchev–Trinajstić information content (AvgIpc) is 3.30. The molecule has 3 aromatic rings. The van der Waals surface area contributed by atoms with E-state index in [2.05, 4.69) is 25.3 Å². The number of carbonyl (C=O) groups is 2. The van der Waals surface area contributed by atoms with Crippen LogP contribution in [0.1, 0.15) is 32.9 Å². The Bertz CT molecular complexity index is 1210. The third-order valence-electron chi connectivity index (χ3n) is 5.23. The second kappa shape index (κ2) is 11.9. The summed E-state index contributed by atoms with van der Waals surface area (Å²) >= 11 is 0. The number of nitrogens with zero attached hydrogens (tertiary/aromatic N) is 4. The Balaban J connectivity index is 0.000000695. The van der Waals surface area contributed by atoms with Gasteiger partial charge in [0.15, 0.2) is 5.82 Å². The van der Waals surface area contributed by atoms with Crippen LogP contribution >= 0.6 is 0 Å². The number of halogens is 1. The molecule has 0 aliphatic carbocycles. The second-order valence-corrected chi connectivity index (χ2v) is 9.31. The van der Waals surface area contributed by atoms with Crippen LogP contribution in [0.25, 0.3) is 22.6 Å². The molecule has 1 amide bonds. The molecule has 198 valence electrons. The number of aromatic nitrogens is 4. The van der Waals surface area contributed by atoms with Gasteiger partial charge in [-0.25, -0.2) is 19.3 Å². The number of amides is 1. The van der Waals surface area contributed by atoms with E-state index in [0.29, 0.717) is 34.4 Å². The number of hydrogen-bond acceptors (Lipinski definition) is 8. The Morgan fingerprint density at radius 3 is 2.38 bits per heavy atom. The maximum absolute atomic E-state index is 13.5. The van der Waals surface area contributed by atoms with Crippen LogP contribution in [0.2, 0.25) is 0 Å². The summed E-state index contributed by atoms with van der Waals surface area (Å²) in [6.45, 7) is 5.48. The highest BCUT2D eigenvalue weighted by atomic mass is 19.1. The monoisotopic (exact) mass is 514 g/mol. The van der Waals surface area contributed by atoms with Crippen LogP contribution < -0.4 is 5.32 Å². The summed E-state index contributed by atoms with van der Waals surface area (Å²) in [6.07, 6.45) is 1.51. The number of carbonyl (C=O) groups excluding carboxylic acids is 1. The summed E-state index contributed by atoms with van der Waals surface area (Å²) in [7, 11) is 3.38. The quantitative estimate of drug-likeness (QED) is 0.405.